The summed E-state index contributed by atoms with van der Waals surface area (Å²) in [5.41, 5.74) is 0. The zero-order valence-electron chi connectivity index (χ0n) is 17.4. The maximum Gasteiger partial charge on any atom is 0.187 e. The van der Waals surface area contributed by atoms with E-state index in [1.807, 2.05) is 0 Å². The summed E-state index contributed by atoms with van der Waals surface area (Å²) in [5, 5.41) is 90.6. The van der Waals surface area contributed by atoms with Crippen molar-refractivity contribution < 1.29 is 69.6 Å². The van der Waals surface area contributed by atoms with Crippen LogP contribution < -0.4 is 0 Å². The molecule has 15 atom stereocenters. The zero-order chi connectivity index (χ0) is 23.9. The Labute approximate surface area is 183 Å². The molecule has 14 heteroatoms. The predicted molar refractivity (Wildman–Crippen MR) is 98.4 cm³/mol. The molecule has 0 amide bonds. The highest BCUT2D eigenvalue weighted by atomic mass is 16.8. The minimum absolute atomic E-state index is 0.721. The van der Waals surface area contributed by atoms with Crippen LogP contribution in [0, 0.1) is 0 Å². The van der Waals surface area contributed by atoms with Crippen LogP contribution in [0.3, 0.4) is 0 Å². The summed E-state index contributed by atoms with van der Waals surface area (Å²) in [5.74, 6) is 0. The van der Waals surface area contributed by atoms with E-state index in [0.717, 1.165) is 0 Å². The van der Waals surface area contributed by atoms with Gasteiger partial charge in [-0.05, 0) is 13.8 Å². The Bertz CT molecular complexity index is 610. The van der Waals surface area contributed by atoms with Crippen LogP contribution in [-0.2, 0) is 23.7 Å². The molecule has 0 aromatic carbocycles. The Kier molecular flexibility index (Phi) is 8.44. The maximum atomic E-state index is 10.6. The number of ether oxygens (including phenoxy) is 5. The van der Waals surface area contributed by atoms with Crippen LogP contribution in [0.1, 0.15) is 13.8 Å². The van der Waals surface area contributed by atoms with Gasteiger partial charge in [-0.2, -0.15) is 0 Å². The number of aliphatic hydroxyl groups is 9. The minimum atomic E-state index is -1.83. The molecule has 32 heavy (non-hydrogen) atoms. The first-order chi connectivity index (χ1) is 15.0. The topological polar surface area (TPSA) is 228 Å². The van der Waals surface area contributed by atoms with Crippen molar-refractivity contribution in [2.24, 2.45) is 0 Å². The van der Waals surface area contributed by atoms with Gasteiger partial charge in [-0.25, -0.2) is 0 Å². The molecule has 0 aromatic heterocycles. The third-order valence-corrected chi connectivity index (χ3v) is 6.02. The lowest BCUT2D eigenvalue weighted by molar-refractivity contribution is -0.385. The average molecular weight is 472 g/mol. The van der Waals surface area contributed by atoms with Crippen molar-refractivity contribution >= 4 is 0 Å². The first-order valence-electron chi connectivity index (χ1n) is 10.3. The zero-order valence-corrected chi connectivity index (χ0v) is 17.4. The van der Waals surface area contributed by atoms with E-state index in [2.05, 4.69) is 0 Å². The van der Waals surface area contributed by atoms with Crippen LogP contribution in [0.4, 0.5) is 0 Å². The molecule has 1 unspecified atom stereocenters. The van der Waals surface area contributed by atoms with Gasteiger partial charge in [0.25, 0.3) is 0 Å². The first-order valence-corrected chi connectivity index (χ1v) is 10.3. The lowest BCUT2D eigenvalue weighted by atomic mass is 9.96. The van der Waals surface area contributed by atoms with Crippen LogP contribution in [-0.4, -0.2) is 145 Å². The van der Waals surface area contributed by atoms with Crippen molar-refractivity contribution in [2.45, 2.75) is 106 Å². The van der Waals surface area contributed by atoms with Crippen LogP contribution in [0.25, 0.3) is 0 Å². The van der Waals surface area contributed by atoms with E-state index in [1.165, 1.54) is 13.8 Å². The normalized spacial score (nSPS) is 55.0. The van der Waals surface area contributed by atoms with Gasteiger partial charge in [-0.3, -0.25) is 0 Å². The van der Waals surface area contributed by atoms with E-state index < -0.39 is 98.7 Å². The third-order valence-electron chi connectivity index (χ3n) is 6.02. The molecule has 0 aliphatic carbocycles. The van der Waals surface area contributed by atoms with E-state index in [9.17, 15) is 46.0 Å². The smallest absolute Gasteiger partial charge is 0.187 e. The Morgan fingerprint density at radius 1 is 0.562 bits per heavy atom. The van der Waals surface area contributed by atoms with Crippen molar-refractivity contribution in [1.29, 1.82) is 0 Å². The molecular weight excluding hydrogens is 440 g/mol. The molecule has 3 fully saturated rings. The second kappa shape index (κ2) is 10.4. The maximum absolute atomic E-state index is 10.6. The summed E-state index contributed by atoms with van der Waals surface area (Å²) < 4.78 is 27.0. The standard InChI is InChI=1S/C18H32O14/c1-4-7(20)10(23)12(25)17(28-4)31-14-9(22)6(3-19)30-16(27)15(14)32-18-13(26)11(24)8(21)5(2)29-18/h4-27H,3H2,1-2H3/t4-,5-,6+,7+,8+,9+,10+,11+,12-,13-,14-,15-,16?,17+,18-/m0/s1. The molecule has 0 aromatic rings. The van der Waals surface area contributed by atoms with Crippen LogP contribution >= 0.6 is 0 Å². The number of hydrogen-bond acceptors (Lipinski definition) is 14. The van der Waals surface area contributed by atoms with Gasteiger partial charge in [-0.15, -0.1) is 0 Å². The van der Waals surface area contributed by atoms with Gasteiger partial charge in [-0.1, -0.05) is 0 Å². The number of hydrogen-bond donors (Lipinski definition) is 9. The van der Waals surface area contributed by atoms with Gasteiger partial charge < -0.3 is 69.6 Å². The lowest BCUT2D eigenvalue weighted by Gasteiger charge is -2.48. The monoisotopic (exact) mass is 472 g/mol. The van der Waals surface area contributed by atoms with Gasteiger partial charge in [0.1, 0.15) is 61.0 Å². The molecule has 3 aliphatic heterocycles. The van der Waals surface area contributed by atoms with E-state index in [1.54, 1.807) is 0 Å². The lowest BCUT2D eigenvalue weighted by Crippen LogP contribution is -2.66. The van der Waals surface area contributed by atoms with Crippen LogP contribution in [0.2, 0.25) is 0 Å². The van der Waals surface area contributed by atoms with Crippen molar-refractivity contribution in [2.75, 3.05) is 6.61 Å². The Hall–Kier alpha value is -0.560. The molecule has 188 valence electrons. The average Bonchev–Trinajstić information content (AvgIpc) is 2.76. The van der Waals surface area contributed by atoms with E-state index in [0.29, 0.717) is 0 Å². The Morgan fingerprint density at radius 2 is 1.00 bits per heavy atom. The molecule has 3 heterocycles. The minimum Gasteiger partial charge on any atom is -0.394 e. The fourth-order valence-corrected chi connectivity index (χ4v) is 3.92. The third kappa shape index (κ3) is 4.94. The largest absolute Gasteiger partial charge is 0.394 e. The highest BCUT2D eigenvalue weighted by molar-refractivity contribution is 4.95. The number of rotatable bonds is 5. The first kappa shape index (κ1) is 26.1. The summed E-state index contributed by atoms with van der Waals surface area (Å²) >= 11 is 0. The van der Waals surface area contributed by atoms with Crippen LogP contribution in [0.15, 0.2) is 0 Å². The van der Waals surface area contributed by atoms with Gasteiger partial charge in [0.2, 0.25) is 0 Å². The Morgan fingerprint density at radius 3 is 1.44 bits per heavy atom. The van der Waals surface area contributed by atoms with Gasteiger partial charge in [0.15, 0.2) is 18.9 Å². The van der Waals surface area contributed by atoms with Gasteiger partial charge in [0.05, 0.1) is 18.8 Å². The molecule has 0 radical (unpaired) electrons. The van der Waals surface area contributed by atoms with Crippen molar-refractivity contribution in [1.82, 2.24) is 0 Å². The Balaban J connectivity index is 1.81. The highest BCUT2D eigenvalue weighted by Crippen LogP contribution is 2.32. The molecule has 14 nitrogen and oxygen atoms in total. The van der Waals surface area contributed by atoms with Crippen molar-refractivity contribution in [3.63, 3.8) is 0 Å². The summed E-state index contributed by atoms with van der Waals surface area (Å²) in [4.78, 5) is 0. The molecule has 3 aliphatic rings. The van der Waals surface area contributed by atoms with E-state index >= 15 is 0 Å². The predicted octanol–water partition coefficient (Wildman–Crippen LogP) is -5.52. The second-order valence-corrected chi connectivity index (χ2v) is 8.30. The quantitative estimate of drug-likeness (QED) is 0.182. The number of aliphatic hydroxyl groups excluding tert-OH is 9. The van der Waals surface area contributed by atoms with Gasteiger partial charge in [0, 0.05) is 0 Å². The summed E-state index contributed by atoms with van der Waals surface area (Å²) in [7, 11) is 0. The molecular formula is C18H32O14. The van der Waals surface area contributed by atoms with Crippen molar-refractivity contribution in [3.05, 3.63) is 0 Å². The summed E-state index contributed by atoms with van der Waals surface area (Å²) in [6.07, 6.45) is -22.6. The molecule has 0 bridgehead atoms. The summed E-state index contributed by atoms with van der Waals surface area (Å²) in [6.45, 7) is 2.10. The molecule has 0 saturated carbocycles. The van der Waals surface area contributed by atoms with E-state index in [-0.39, 0.29) is 0 Å². The highest BCUT2D eigenvalue weighted by Gasteiger charge is 2.53. The molecule has 9 N–H and O–H groups in total. The van der Waals surface area contributed by atoms with Crippen LogP contribution in [0.5, 0.6) is 0 Å². The van der Waals surface area contributed by atoms with Gasteiger partial charge >= 0.3 is 0 Å². The molecule has 3 rings (SSSR count). The fourth-order valence-electron chi connectivity index (χ4n) is 3.92. The SMILES string of the molecule is C[C@@H]1O[C@H](O[C@H]2[C@H](O)[C@@H](CO)OC(O)[C@H]2O[C@@H]2O[C@@H](C)[C@@H](O)[C@@H](O)[C@@H]2O)[C@@H](O)[C@H](O)[C@@H]1O. The van der Waals surface area contributed by atoms with E-state index in [4.69, 9.17) is 23.7 Å². The summed E-state index contributed by atoms with van der Waals surface area (Å²) in [6, 6.07) is 0. The fraction of sp³-hybridized carbons (Fsp3) is 1.00. The molecule has 0 spiro atoms. The van der Waals surface area contributed by atoms with Crippen molar-refractivity contribution in [3.8, 4) is 0 Å². The molecule has 3 saturated heterocycles. The second-order valence-electron chi connectivity index (χ2n) is 8.30.